The monoisotopic (exact) mass is 564 g/mol. The van der Waals surface area contributed by atoms with Gasteiger partial charge in [-0.15, -0.1) is 0 Å². The summed E-state index contributed by atoms with van der Waals surface area (Å²) in [4.78, 5) is 19.2. The molecule has 0 unspecified atom stereocenters. The number of rotatable bonds is 6. The van der Waals surface area contributed by atoms with Gasteiger partial charge in [0.15, 0.2) is 5.82 Å². The number of phenolic OH excluding ortho intramolecular Hbond substituents is 1. The van der Waals surface area contributed by atoms with E-state index < -0.39 is 6.17 Å². The maximum absolute atomic E-state index is 14.4. The van der Waals surface area contributed by atoms with Crippen LogP contribution in [0.4, 0.5) is 10.2 Å². The van der Waals surface area contributed by atoms with Crippen molar-refractivity contribution in [3.8, 4) is 22.9 Å². The molecule has 2 bridgehead atoms. The van der Waals surface area contributed by atoms with Crippen molar-refractivity contribution in [1.82, 2.24) is 25.2 Å². The Hall–Kier alpha value is -2.75. The van der Waals surface area contributed by atoms with Crippen LogP contribution in [0, 0.1) is 0 Å². The van der Waals surface area contributed by atoms with Crippen LogP contribution in [0.1, 0.15) is 56.4 Å². The van der Waals surface area contributed by atoms with Crippen LogP contribution in [0.5, 0.6) is 11.8 Å². The van der Waals surface area contributed by atoms with E-state index in [0.717, 1.165) is 86.2 Å². The Bertz CT molecular complexity index is 1470. The molecule has 0 radical (unpaired) electrons. The van der Waals surface area contributed by atoms with Crippen LogP contribution in [0.2, 0.25) is 5.02 Å². The van der Waals surface area contributed by atoms with E-state index in [1.54, 1.807) is 12.1 Å². The van der Waals surface area contributed by atoms with Crippen LogP contribution in [-0.4, -0.2) is 81.5 Å². The molecule has 2 aromatic heterocycles. The summed E-state index contributed by atoms with van der Waals surface area (Å²) in [5.41, 5.74) is 3.98. The number of ether oxygens (including phenoxy) is 1. The SMILES string of the molecule is Oc1cc(Cl)c(C2CC2)c(-c2cnc3c(N4C[C@H]5CC[C@@H](C4)N5)nc(OC[C@@]45CCCN4C[C@H](F)C5)nc3c2)c1. The number of aromatic hydroxyl groups is 1. The van der Waals surface area contributed by atoms with Crippen molar-refractivity contribution in [3.63, 3.8) is 0 Å². The predicted molar refractivity (Wildman–Crippen MR) is 152 cm³/mol. The summed E-state index contributed by atoms with van der Waals surface area (Å²) in [5.74, 6) is 1.32. The Labute approximate surface area is 237 Å². The van der Waals surface area contributed by atoms with Crippen LogP contribution in [0.25, 0.3) is 22.2 Å². The average molecular weight is 565 g/mol. The Morgan fingerprint density at radius 2 is 1.93 bits per heavy atom. The molecule has 40 heavy (non-hydrogen) atoms. The number of anilines is 1. The van der Waals surface area contributed by atoms with Crippen molar-refractivity contribution >= 4 is 28.5 Å². The highest BCUT2D eigenvalue weighted by atomic mass is 35.5. The topological polar surface area (TPSA) is 86.6 Å². The van der Waals surface area contributed by atoms with Gasteiger partial charge in [-0.05, 0) is 80.3 Å². The fraction of sp³-hybridized carbons (Fsp3) is 0.567. The van der Waals surface area contributed by atoms with Crippen LogP contribution in [0.3, 0.4) is 0 Å². The number of nitrogens with zero attached hydrogens (tertiary/aromatic N) is 5. The third-order valence-corrected chi connectivity index (χ3v) is 9.97. The van der Waals surface area contributed by atoms with Gasteiger partial charge in [0.1, 0.15) is 24.0 Å². The largest absolute Gasteiger partial charge is 0.508 e. The van der Waals surface area contributed by atoms with Crippen molar-refractivity contribution in [1.29, 1.82) is 0 Å². The number of halogens is 2. The maximum atomic E-state index is 14.4. The van der Waals surface area contributed by atoms with Crippen LogP contribution in [0.15, 0.2) is 24.4 Å². The maximum Gasteiger partial charge on any atom is 0.319 e. The van der Waals surface area contributed by atoms with E-state index >= 15 is 0 Å². The molecule has 3 aromatic rings. The van der Waals surface area contributed by atoms with Gasteiger partial charge in [-0.3, -0.25) is 9.88 Å². The first-order valence-corrected chi connectivity index (χ1v) is 15.1. The van der Waals surface area contributed by atoms with E-state index in [4.69, 9.17) is 31.3 Å². The molecule has 2 N–H and O–H groups in total. The fourth-order valence-electron chi connectivity index (χ4n) is 7.66. The van der Waals surface area contributed by atoms with Crippen molar-refractivity contribution < 1.29 is 14.2 Å². The van der Waals surface area contributed by atoms with E-state index in [9.17, 15) is 9.50 Å². The molecule has 6 heterocycles. The predicted octanol–water partition coefficient (Wildman–Crippen LogP) is 4.82. The Morgan fingerprint density at radius 3 is 2.73 bits per heavy atom. The molecule has 4 saturated heterocycles. The van der Waals surface area contributed by atoms with Gasteiger partial charge in [-0.2, -0.15) is 9.97 Å². The zero-order valence-corrected chi connectivity index (χ0v) is 23.2. The number of fused-ring (bicyclic) bond motifs is 4. The number of alkyl halides is 1. The lowest BCUT2D eigenvalue weighted by atomic mass is 9.95. The number of hydrogen-bond acceptors (Lipinski definition) is 8. The van der Waals surface area contributed by atoms with Gasteiger partial charge in [0.25, 0.3) is 0 Å². The molecule has 5 fully saturated rings. The molecular weight excluding hydrogens is 531 g/mol. The van der Waals surface area contributed by atoms with Gasteiger partial charge < -0.3 is 20.1 Å². The van der Waals surface area contributed by atoms with Crippen molar-refractivity contribution in [2.24, 2.45) is 0 Å². The summed E-state index contributed by atoms with van der Waals surface area (Å²) in [6, 6.07) is 6.60. The lowest BCUT2D eigenvalue weighted by Gasteiger charge is -2.34. The number of phenols is 1. The normalized spacial score (nSPS) is 29.9. The summed E-state index contributed by atoms with van der Waals surface area (Å²) < 4.78 is 20.7. The second-order valence-corrected chi connectivity index (χ2v) is 12.9. The van der Waals surface area contributed by atoms with Crippen LogP contribution in [-0.2, 0) is 0 Å². The summed E-state index contributed by atoms with van der Waals surface area (Å²) >= 11 is 6.61. The highest BCUT2D eigenvalue weighted by Gasteiger charge is 2.49. The van der Waals surface area contributed by atoms with Crippen molar-refractivity contribution in [3.05, 3.63) is 35.0 Å². The average Bonchev–Trinajstić information content (AvgIpc) is 3.51. The highest BCUT2D eigenvalue weighted by Crippen LogP contribution is 2.49. The molecule has 210 valence electrons. The smallest absolute Gasteiger partial charge is 0.319 e. The molecule has 0 spiro atoms. The van der Waals surface area contributed by atoms with Gasteiger partial charge in [0.05, 0.1) is 11.1 Å². The van der Waals surface area contributed by atoms with E-state index in [1.165, 1.54) is 0 Å². The summed E-state index contributed by atoms with van der Waals surface area (Å²) in [7, 11) is 0. The van der Waals surface area contributed by atoms with Crippen molar-refractivity contribution in [2.45, 2.75) is 74.7 Å². The molecule has 8 rings (SSSR count). The van der Waals surface area contributed by atoms with E-state index in [1.807, 2.05) is 12.3 Å². The minimum absolute atomic E-state index is 0.135. The van der Waals surface area contributed by atoms with Crippen LogP contribution >= 0.6 is 11.6 Å². The van der Waals surface area contributed by atoms with Crippen molar-refractivity contribution in [2.75, 3.05) is 37.7 Å². The number of aromatic nitrogens is 3. The molecular formula is C30H34ClFN6O2. The van der Waals surface area contributed by atoms with Crippen LogP contribution < -0.4 is 15.0 Å². The molecule has 1 saturated carbocycles. The van der Waals surface area contributed by atoms with Gasteiger partial charge in [-0.1, -0.05) is 11.6 Å². The number of benzene rings is 1. The second-order valence-electron chi connectivity index (χ2n) is 12.5. The van der Waals surface area contributed by atoms with Gasteiger partial charge in [0, 0.05) is 54.9 Å². The summed E-state index contributed by atoms with van der Waals surface area (Å²) in [5, 5.41) is 14.7. The quantitative estimate of drug-likeness (QED) is 0.440. The van der Waals surface area contributed by atoms with E-state index in [0.29, 0.717) is 54.1 Å². The minimum Gasteiger partial charge on any atom is -0.508 e. The summed E-state index contributed by atoms with van der Waals surface area (Å²) in [6.07, 6.45) is 8.04. The number of piperazine rings is 1. The fourth-order valence-corrected chi connectivity index (χ4v) is 8.03. The molecule has 8 nitrogen and oxygen atoms in total. The Kier molecular flexibility index (Phi) is 5.87. The Balaban J connectivity index is 1.20. The first kappa shape index (κ1) is 25.0. The van der Waals surface area contributed by atoms with Gasteiger partial charge in [-0.25, -0.2) is 4.39 Å². The first-order valence-electron chi connectivity index (χ1n) is 14.7. The molecule has 10 heteroatoms. The van der Waals surface area contributed by atoms with Gasteiger partial charge in [0.2, 0.25) is 0 Å². The zero-order valence-electron chi connectivity index (χ0n) is 22.5. The Morgan fingerprint density at radius 1 is 1.10 bits per heavy atom. The molecule has 4 aliphatic heterocycles. The third kappa shape index (κ3) is 4.28. The number of pyridine rings is 1. The standard InChI is InChI=1S/C30H34ClFN6O2/c31-24-10-22(39)9-23(26(24)17-2-3-17)18-8-25-27(33-12-18)28(37-14-20-4-5-21(15-37)34-20)36-29(35-25)40-16-30-6-1-7-38(30)13-19(32)11-30/h8-10,12,17,19-21,34,39H,1-7,11,13-16H2/t19-,20-,21+,30+/m1/s1. The molecule has 0 amide bonds. The highest BCUT2D eigenvalue weighted by molar-refractivity contribution is 6.32. The first-order chi connectivity index (χ1) is 19.4. The third-order valence-electron chi connectivity index (χ3n) is 9.65. The number of nitrogens with one attached hydrogen (secondary N) is 1. The molecule has 5 aliphatic rings. The van der Waals surface area contributed by atoms with E-state index in [-0.39, 0.29) is 11.3 Å². The zero-order chi connectivity index (χ0) is 27.0. The van der Waals surface area contributed by atoms with E-state index in [2.05, 4.69) is 15.1 Å². The minimum atomic E-state index is -0.810. The molecule has 4 atom stereocenters. The molecule has 1 aromatic carbocycles. The summed E-state index contributed by atoms with van der Waals surface area (Å²) in [6.45, 7) is 3.51. The second kappa shape index (κ2) is 9.39. The lowest BCUT2D eigenvalue weighted by Crippen LogP contribution is -2.51. The van der Waals surface area contributed by atoms with Gasteiger partial charge >= 0.3 is 6.01 Å². The number of hydrogen-bond donors (Lipinski definition) is 2. The lowest BCUT2D eigenvalue weighted by molar-refractivity contribution is 0.107. The molecule has 1 aliphatic carbocycles.